The minimum atomic E-state index is -4.73. The molecule has 1 N–H and O–H groups in total. The number of ether oxygens (including phenoxy) is 1. The summed E-state index contributed by atoms with van der Waals surface area (Å²) in [6, 6.07) is 1.51. The topological polar surface area (TPSA) is 93.5 Å². The monoisotopic (exact) mass is 622 g/mol. The summed E-state index contributed by atoms with van der Waals surface area (Å²) in [5.74, 6) is -1.39. The van der Waals surface area contributed by atoms with Crippen molar-refractivity contribution in [3.63, 3.8) is 0 Å². The fourth-order valence-electron chi connectivity index (χ4n) is 3.85. The van der Waals surface area contributed by atoms with Crippen molar-refractivity contribution in [2.75, 3.05) is 27.7 Å². The van der Waals surface area contributed by atoms with Gasteiger partial charge in [-0.05, 0) is 50.6 Å². The Kier molecular flexibility index (Phi) is 11.3. The Hall–Kier alpha value is -2.44. The summed E-state index contributed by atoms with van der Waals surface area (Å²) in [5.41, 5.74) is -1.82. The Labute approximate surface area is 232 Å². The highest BCUT2D eigenvalue weighted by Gasteiger charge is 2.36. The number of methoxy groups -OCH3 is 1. The van der Waals surface area contributed by atoms with Gasteiger partial charge in [-0.2, -0.15) is 13.2 Å². The highest BCUT2D eigenvalue weighted by molar-refractivity contribution is 9.10. The van der Waals surface area contributed by atoms with E-state index in [1.165, 1.54) is 13.2 Å². The first-order chi connectivity index (χ1) is 17.6. The Balaban J connectivity index is 2.57. The third-order valence-corrected chi connectivity index (χ3v) is 6.33. The molecule has 0 aliphatic heterocycles. The average Bonchev–Trinajstić information content (AvgIpc) is 2.79. The second kappa shape index (κ2) is 13.6. The van der Waals surface area contributed by atoms with Crippen LogP contribution in [0.2, 0.25) is 5.15 Å². The summed E-state index contributed by atoms with van der Waals surface area (Å²) >= 11 is 9.36. The van der Waals surface area contributed by atoms with Gasteiger partial charge < -0.3 is 19.5 Å². The number of nitrogens with one attached hydrogen (secondary N) is 1. The van der Waals surface area contributed by atoms with E-state index in [0.717, 1.165) is 10.8 Å². The van der Waals surface area contributed by atoms with Crippen molar-refractivity contribution in [3.8, 4) is 0 Å². The summed E-state index contributed by atoms with van der Waals surface area (Å²) < 4.78 is 47.5. The third-order valence-electron chi connectivity index (χ3n) is 5.68. The van der Waals surface area contributed by atoms with Crippen LogP contribution in [-0.2, 0) is 26.9 Å². The maximum Gasteiger partial charge on any atom is 0.416 e. The molecule has 0 saturated heterocycles. The summed E-state index contributed by atoms with van der Waals surface area (Å²) in [4.78, 5) is 44.6. The number of carbonyl (C=O) groups excluding carboxylic acids is 2. The number of aromatic nitrogens is 2. The molecule has 0 fully saturated rings. The van der Waals surface area contributed by atoms with Crippen molar-refractivity contribution in [1.29, 1.82) is 0 Å². The second-order valence-corrected chi connectivity index (χ2v) is 10.8. The number of pyridine rings is 2. The Morgan fingerprint density at radius 3 is 2.42 bits per heavy atom. The molecule has 1 amide bonds. The molecule has 0 aliphatic carbocycles. The van der Waals surface area contributed by atoms with E-state index in [9.17, 15) is 27.6 Å². The second-order valence-electron chi connectivity index (χ2n) is 9.53. The molecule has 2 atom stereocenters. The molecule has 0 bridgehead atoms. The van der Waals surface area contributed by atoms with Gasteiger partial charge in [-0.15, -0.1) is 0 Å². The van der Waals surface area contributed by atoms with Crippen molar-refractivity contribution >= 4 is 39.4 Å². The van der Waals surface area contributed by atoms with E-state index in [2.05, 4.69) is 26.2 Å². The van der Waals surface area contributed by atoms with Crippen LogP contribution >= 0.6 is 27.5 Å². The minimum absolute atomic E-state index is 0.0174. The van der Waals surface area contributed by atoms with Crippen LogP contribution < -0.4 is 10.9 Å². The van der Waals surface area contributed by atoms with Gasteiger partial charge in [0.05, 0.1) is 30.8 Å². The van der Waals surface area contributed by atoms with Crippen molar-refractivity contribution in [2.24, 2.45) is 5.92 Å². The molecule has 0 radical (unpaired) electrons. The molecule has 38 heavy (non-hydrogen) atoms. The average molecular weight is 624 g/mol. The summed E-state index contributed by atoms with van der Waals surface area (Å²) in [5, 5.41) is 2.84. The van der Waals surface area contributed by atoms with Gasteiger partial charge in [-0.25, -0.2) is 4.98 Å². The molecule has 13 heteroatoms. The largest absolute Gasteiger partial charge is 0.469 e. The normalized spacial score (nSPS) is 13.5. The lowest BCUT2D eigenvalue weighted by Crippen LogP contribution is -2.41. The van der Waals surface area contributed by atoms with Gasteiger partial charge >= 0.3 is 12.1 Å². The Bertz CT molecular complexity index is 1180. The smallest absolute Gasteiger partial charge is 0.416 e. The Morgan fingerprint density at radius 2 is 1.89 bits per heavy atom. The van der Waals surface area contributed by atoms with Crippen LogP contribution in [0.3, 0.4) is 0 Å². The number of halogens is 5. The SMILES string of the molecule is COC(=O)C[C@H](NC(=O)C(CC(C)C)n1cc(CCN(C)C)c(C(F)(F)F)cc1=O)c1cc(Br)cc(Cl)n1. The number of rotatable bonds is 11. The van der Waals surface area contributed by atoms with Crippen LogP contribution in [0.5, 0.6) is 0 Å². The first kappa shape index (κ1) is 31.8. The molecular weight excluding hydrogens is 593 g/mol. The fraction of sp³-hybridized carbons (Fsp3) is 0.520. The zero-order valence-corrected chi connectivity index (χ0v) is 24.1. The highest BCUT2D eigenvalue weighted by Crippen LogP contribution is 2.32. The third kappa shape index (κ3) is 9.09. The van der Waals surface area contributed by atoms with E-state index in [0.29, 0.717) is 17.1 Å². The van der Waals surface area contributed by atoms with Crippen LogP contribution in [0, 0.1) is 5.92 Å². The maximum absolute atomic E-state index is 13.7. The predicted molar refractivity (Wildman–Crippen MR) is 141 cm³/mol. The van der Waals surface area contributed by atoms with Gasteiger partial charge in [0.1, 0.15) is 11.2 Å². The molecule has 0 aromatic carbocycles. The molecule has 8 nitrogen and oxygen atoms in total. The molecule has 0 saturated carbocycles. The van der Waals surface area contributed by atoms with Gasteiger partial charge in [-0.3, -0.25) is 14.4 Å². The van der Waals surface area contributed by atoms with Gasteiger partial charge in [-0.1, -0.05) is 41.4 Å². The zero-order valence-electron chi connectivity index (χ0n) is 21.7. The molecule has 0 aliphatic rings. The molecule has 1 unspecified atom stereocenters. The van der Waals surface area contributed by atoms with Crippen molar-refractivity contribution in [1.82, 2.24) is 19.8 Å². The zero-order chi connectivity index (χ0) is 28.8. The number of carbonyl (C=O) groups is 2. The first-order valence-corrected chi connectivity index (χ1v) is 13.0. The maximum atomic E-state index is 13.7. The van der Waals surface area contributed by atoms with Gasteiger partial charge in [0.15, 0.2) is 0 Å². The van der Waals surface area contributed by atoms with Crippen LogP contribution in [0.4, 0.5) is 13.2 Å². The number of alkyl halides is 3. The minimum Gasteiger partial charge on any atom is -0.469 e. The molecule has 2 aromatic heterocycles. The summed E-state index contributed by atoms with van der Waals surface area (Å²) in [7, 11) is 4.64. The Morgan fingerprint density at radius 1 is 1.24 bits per heavy atom. The van der Waals surface area contributed by atoms with Gasteiger partial charge in [0.2, 0.25) is 5.91 Å². The number of amides is 1. The summed E-state index contributed by atoms with van der Waals surface area (Å²) in [6.07, 6.45) is -3.73. The molecule has 2 heterocycles. The lowest BCUT2D eigenvalue weighted by Gasteiger charge is -2.26. The van der Waals surface area contributed by atoms with Crippen molar-refractivity contribution < 1.29 is 27.5 Å². The molecule has 2 aromatic rings. The lowest BCUT2D eigenvalue weighted by molar-refractivity contribution is -0.141. The van der Waals surface area contributed by atoms with E-state index in [4.69, 9.17) is 16.3 Å². The number of hydrogen-bond donors (Lipinski definition) is 1. The molecule has 210 valence electrons. The van der Waals surface area contributed by atoms with Crippen LogP contribution in [0.25, 0.3) is 0 Å². The van der Waals surface area contributed by atoms with Gasteiger partial charge in [0, 0.05) is 23.3 Å². The number of nitrogens with zero attached hydrogens (tertiary/aromatic N) is 3. The number of hydrogen-bond acceptors (Lipinski definition) is 6. The van der Waals surface area contributed by atoms with Crippen LogP contribution in [0.15, 0.2) is 33.7 Å². The van der Waals surface area contributed by atoms with E-state index in [-0.39, 0.29) is 41.6 Å². The standard InChI is InChI=1S/C25H31BrClF3N4O4/c1-14(2)8-20(34-13-15(6-7-33(3)4)17(11-22(34)35)25(28,29)30)24(37)32-19(12-23(36)38-5)18-9-16(26)10-21(27)31-18/h9-11,13-14,19-20H,6-8,12H2,1-5H3,(H,32,37)/t19-,20?/m0/s1. The molecule has 0 spiro atoms. The van der Waals surface area contributed by atoms with E-state index in [1.807, 2.05) is 13.8 Å². The molecule has 2 rings (SSSR count). The van der Waals surface area contributed by atoms with Crippen molar-refractivity contribution in [2.45, 2.75) is 51.4 Å². The predicted octanol–water partition coefficient (Wildman–Crippen LogP) is 4.79. The van der Waals surface area contributed by atoms with E-state index >= 15 is 0 Å². The summed E-state index contributed by atoms with van der Waals surface area (Å²) in [6.45, 7) is 3.95. The quantitative estimate of drug-likeness (QED) is 0.286. The first-order valence-electron chi connectivity index (χ1n) is 11.8. The number of likely N-dealkylation sites (N-methyl/N-ethyl adjacent to an activating group) is 1. The highest BCUT2D eigenvalue weighted by atomic mass is 79.9. The van der Waals surface area contributed by atoms with Crippen molar-refractivity contribution in [3.05, 3.63) is 61.2 Å². The van der Waals surface area contributed by atoms with E-state index < -0.39 is 41.3 Å². The van der Waals surface area contributed by atoms with E-state index in [1.54, 1.807) is 25.1 Å². The van der Waals surface area contributed by atoms with Gasteiger partial charge in [0.25, 0.3) is 5.56 Å². The fourth-order valence-corrected chi connectivity index (χ4v) is 4.64. The lowest BCUT2D eigenvalue weighted by atomic mass is 10.00. The van der Waals surface area contributed by atoms with Crippen LogP contribution in [-0.4, -0.2) is 54.1 Å². The number of esters is 1. The van der Waals surface area contributed by atoms with Crippen LogP contribution in [0.1, 0.15) is 55.6 Å². The molecular formula is C25H31BrClF3N4O4.